The number of aromatic nitrogens is 2. The van der Waals surface area contributed by atoms with E-state index in [1.165, 1.54) is 0 Å². The van der Waals surface area contributed by atoms with Crippen molar-refractivity contribution in [3.8, 4) is 11.4 Å². The van der Waals surface area contributed by atoms with Crippen LogP contribution < -0.4 is 15.5 Å². The first kappa shape index (κ1) is 23.5. The lowest BCUT2D eigenvalue weighted by Crippen LogP contribution is -2.54. The zero-order valence-electron chi connectivity index (χ0n) is 20.3. The van der Waals surface area contributed by atoms with Gasteiger partial charge in [-0.1, -0.05) is 0 Å². The van der Waals surface area contributed by atoms with Crippen LogP contribution in [-0.4, -0.2) is 79.4 Å². The molecule has 3 amide bonds. The van der Waals surface area contributed by atoms with Crippen molar-refractivity contribution in [2.75, 3.05) is 62.8 Å². The van der Waals surface area contributed by atoms with Crippen LogP contribution in [-0.2, 0) is 27.2 Å². The van der Waals surface area contributed by atoms with Crippen LogP contribution in [0.5, 0.6) is 0 Å². The zero-order chi connectivity index (χ0) is 24.4. The van der Waals surface area contributed by atoms with Gasteiger partial charge >= 0.3 is 6.03 Å². The number of urea groups is 1. The van der Waals surface area contributed by atoms with Crippen molar-refractivity contribution in [1.29, 1.82) is 0 Å². The molecule has 10 nitrogen and oxygen atoms in total. The lowest BCUT2D eigenvalue weighted by molar-refractivity contribution is -0.169. The van der Waals surface area contributed by atoms with Crippen LogP contribution in [0.4, 0.5) is 16.3 Å². The molecule has 0 bridgehead atoms. The molecule has 0 unspecified atom stereocenters. The van der Waals surface area contributed by atoms with Gasteiger partial charge in [0.15, 0.2) is 5.82 Å². The normalized spacial score (nSPS) is 18.9. The number of amides is 3. The average Bonchev–Trinajstić information content (AvgIpc) is 2.87. The number of rotatable bonds is 5. The van der Waals surface area contributed by atoms with E-state index in [4.69, 9.17) is 19.4 Å². The van der Waals surface area contributed by atoms with Crippen molar-refractivity contribution in [3.05, 3.63) is 35.5 Å². The maximum Gasteiger partial charge on any atom is 0.319 e. The van der Waals surface area contributed by atoms with E-state index >= 15 is 0 Å². The number of anilines is 2. The molecule has 0 radical (unpaired) electrons. The van der Waals surface area contributed by atoms with Gasteiger partial charge in [-0.25, -0.2) is 14.8 Å². The Morgan fingerprint density at radius 3 is 2.46 bits per heavy atom. The number of hydrogen-bond donors (Lipinski definition) is 2. The van der Waals surface area contributed by atoms with Gasteiger partial charge in [-0.05, 0) is 38.1 Å². The molecule has 0 spiro atoms. The predicted molar refractivity (Wildman–Crippen MR) is 131 cm³/mol. The second-order valence-electron chi connectivity index (χ2n) is 9.49. The highest BCUT2D eigenvalue weighted by molar-refractivity contribution is 5.89. The Hall–Kier alpha value is -3.24. The van der Waals surface area contributed by atoms with Crippen molar-refractivity contribution < 1.29 is 19.1 Å². The number of nitrogens with zero attached hydrogens (tertiary/aromatic N) is 4. The van der Waals surface area contributed by atoms with E-state index in [9.17, 15) is 9.59 Å². The highest BCUT2D eigenvalue weighted by Gasteiger charge is 2.44. The van der Waals surface area contributed by atoms with E-state index in [0.717, 1.165) is 35.7 Å². The summed E-state index contributed by atoms with van der Waals surface area (Å²) in [5.74, 6) is 1.67. The molecule has 10 heteroatoms. The molecule has 35 heavy (non-hydrogen) atoms. The third kappa shape index (κ3) is 4.81. The SMILES string of the molecule is CCNC(=O)Nc1ccc(-c2nc3c(c(N4CCOCC4)n2)CN(C(=O)C2(C)COC2)CC3)cc1. The average molecular weight is 481 g/mol. The van der Waals surface area contributed by atoms with E-state index < -0.39 is 5.41 Å². The Balaban J connectivity index is 1.44. The minimum Gasteiger partial charge on any atom is -0.379 e. The number of fused-ring (bicyclic) bond motifs is 1. The standard InChI is InChI=1S/C25H32N6O4/c1-3-26-24(33)27-18-6-4-17(5-7-18)21-28-20-8-9-31(23(32)25(2)15-35-16-25)14-19(20)22(29-21)30-10-12-34-13-11-30/h4-7H,3,8-16H2,1-2H3,(H2,26,27,33). The number of hydrogen-bond acceptors (Lipinski definition) is 7. The summed E-state index contributed by atoms with van der Waals surface area (Å²) in [6.45, 7) is 9.29. The van der Waals surface area contributed by atoms with Gasteiger partial charge in [-0.15, -0.1) is 0 Å². The van der Waals surface area contributed by atoms with Gasteiger partial charge in [0.25, 0.3) is 0 Å². The number of carbonyl (C=O) groups excluding carboxylic acids is 2. The second-order valence-corrected chi connectivity index (χ2v) is 9.49. The molecule has 2 saturated heterocycles. The molecule has 1 aromatic carbocycles. The Kier molecular flexibility index (Phi) is 6.57. The number of morpholine rings is 1. The molecule has 3 aliphatic heterocycles. The number of carbonyl (C=O) groups is 2. The van der Waals surface area contributed by atoms with E-state index in [1.807, 2.05) is 43.0 Å². The molecular formula is C25H32N6O4. The molecule has 0 atom stereocenters. The van der Waals surface area contributed by atoms with Crippen LogP contribution in [0, 0.1) is 5.41 Å². The summed E-state index contributed by atoms with van der Waals surface area (Å²) in [5, 5.41) is 5.53. The van der Waals surface area contributed by atoms with Gasteiger partial charge < -0.3 is 29.9 Å². The topological polar surface area (TPSA) is 109 Å². The molecule has 0 aliphatic carbocycles. The molecule has 4 heterocycles. The van der Waals surface area contributed by atoms with Gasteiger partial charge in [0, 0.05) is 49.4 Å². The third-order valence-electron chi connectivity index (χ3n) is 6.73. The lowest BCUT2D eigenvalue weighted by Gasteiger charge is -2.42. The van der Waals surface area contributed by atoms with Crippen LogP contribution in [0.3, 0.4) is 0 Å². The smallest absolute Gasteiger partial charge is 0.319 e. The van der Waals surface area contributed by atoms with E-state index in [-0.39, 0.29) is 11.9 Å². The van der Waals surface area contributed by atoms with Gasteiger partial charge in [0.2, 0.25) is 5.91 Å². The van der Waals surface area contributed by atoms with Crippen LogP contribution in [0.25, 0.3) is 11.4 Å². The molecule has 2 aromatic rings. The molecule has 186 valence electrons. The number of nitrogens with one attached hydrogen (secondary N) is 2. The fraction of sp³-hybridized carbons (Fsp3) is 0.520. The van der Waals surface area contributed by atoms with Gasteiger partial charge in [0.1, 0.15) is 5.82 Å². The maximum atomic E-state index is 13.2. The summed E-state index contributed by atoms with van der Waals surface area (Å²) < 4.78 is 10.9. The van der Waals surface area contributed by atoms with Crippen LogP contribution in [0.1, 0.15) is 25.1 Å². The third-order valence-corrected chi connectivity index (χ3v) is 6.73. The quantitative estimate of drug-likeness (QED) is 0.674. The fourth-order valence-corrected chi connectivity index (χ4v) is 4.69. The monoisotopic (exact) mass is 480 g/mol. The van der Waals surface area contributed by atoms with Crippen molar-refractivity contribution >= 4 is 23.4 Å². The fourth-order valence-electron chi connectivity index (χ4n) is 4.69. The Morgan fingerprint density at radius 2 is 1.80 bits per heavy atom. The Morgan fingerprint density at radius 1 is 1.06 bits per heavy atom. The summed E-state index contributed by atoms with van der Waals surface area (Å²) >= 11 is 0. The molecule has 2 N–H and O–H groups in total. The first-order chi connectivity index (χ1) is 17.0. The zero-order valence-corrected chi connectivity index (χ0v) is 20.3. The summed E-state index contributed by atoms with van der Waals surface area (Å²) in [4.78, 5) is 39.1. The minimum absolute atomic E-state index is 0.140. The number of benzene rings is 1. The Bertz CT molecular complexity index is 1100. The molecular weight excluding hydrogens is 448 g/mol. The summed E-state index contributed by atoms with van der Waals surface area (Å²) in [6, 6.07) is 7.30. The predicted octanol–water partition coefficient (Wildman–Crippen LogP) is 2.04. The van der Waals surface area contributed by atoms with Crippen LogP contribution in [0.15, 0.2) is 24.3 Å². The van der Waals surface area contributed by atoms with E-state index in [0.29, 0.717) is 64.0 Å². The highest BCUT2D eigenvalue weighted by Crippen LogP contribution is 2.34. The molecule has 0 saturated carbocycles. The van der Waals surface area contributed by atoms with Gasteiger partial charge in [-0.2, -0.15) is 0 Å². The molecule has 2 fully saturated rings. The van der Waals surface area contributed by atoms with Crippen molar-refractivity contribution in [2.45, 2.75) is 26.8 Å². The second kappa shape index (κ2) is 9.79. The lowest BCUT2D eigenvalue weighted by atomic mass is 9.86. The summed E-state index contributed by atoms with van der Waals surface area (Å²) in [7, 11) is 0. The van der Waals surface area contributed by atoms with E-state index in [1.54, 1.807) is 0 Å². The highest BCUT2D eigenvalue weighted by atomic mass is 16.5. The largest absolute Gasteiger partial charge is 0.379 e. The van der Waals surface area contributed by atoms with Gasteiger partial charge in [0.05, 0.1) is 44.1 Å². The van der Waals surface area contributed by atoms with Crippen LogP contribution >= 0.6 is 0 Å². The first-order valence-electron chi connectivity index (χ1n) is 12.2. The first-order valence-corrected chi connectivity index (χ1v) is 12.2. The van der Waals surface area contributed by atoms with Crippen molar-refractivity contribution in [1.82, 2.24) is 20.2 Å². The van der Waals surface area contributed by atoms with Crippen molar-refractivity contribution in [3.63, 3.8) is 0 Å². The van der Waals surface area contributed by atoms with Gasteiger partial charge in [-0.3, -0.25) is 4.79 Å². The van der Waals surface area contributed by atoms with Crippen LogP contribution in [0.2, 0.25) is 0 Å². The molecule has 1 aromatic heterocycles. The minimum atomic E-state index is -0.429. The Labute approximate surface area is 205 Å². The molecule has 5 rings (SSSR count). The summed E-state index contributed by atoms with van der Waals surface area (Å²) in [6.07, 6.45) is 0.682. The number of ether oxygens (including phenoxy) is 2. The van der Waals surface area contributed by atoms with Crippen molar-refractivity contribution in [2.24, 2.45) is 5.41 Å². The van der Waals surface area contributed by atoms with E-state index in [2.05, 4.69) is 15.5 Å². The summed E-state index contributed by atoms with van der Waals surface area (Å²) in [5.41, 5.74) is 3.16. The molecule has 3 aliphatic rings. The maximum absolute atomic E-state index is 13.2.